The Morgan fingerprint density at radius 3 is 2.14 bits per heavy atom. The highest BCUT2D eigenvalue weighted by Crippen LogP contribution is 2.27. The number of amides is 2. The molecule has 2 aliphatic heterocycles. The molecule has 0 bridgehead atoms. The number of nitrogens with one attached hydrogen (secondary N) is 2. The molecule has 3 atom stereocenters. The second-order valence-electron chi connectivity index (χ2n) is 7.87. The fourth-order valence-corrected chi connectivity index (χ4v) is 4.08. The van der Waals surface area contributed by atoms with Gasteiger partial charge < -0.3 is 15.5 Å². The van der Waals surface area contributed by atoms with E-state index in [1.807, 2.05) is 13.8 Å². The van der Waals surface area contributed by atoms with Crippen LogP contribution in [0.15, 0.2) is 18.2 Å². The lowest BCUT2D eigenvalue weighted by Crippen LogP contribution is -2.51. The molecule has 2 N–H and O–H groups in total. The van der Waals surface area contributed by atoms with Crippen molar-refractivity contribution in [3.63, 3.8) is 0 Å². The third-order valence-electron chi connectivity index (χ3n) is 5.74. The number of hydrogen-bond donors (Lipinski definition) is 2. The van der Waals surface area contributed by atoms with Crippen LogP contribution in [0.4, 0.5) is 8.78 Å². The van der Waals surface area contributed by atoms with Gasteiger partial charge in [0.1, 0.15) is 23.2 Å². The Labute approximate surface area is 170 Å². The smallest absolute Gasteiger partial charge is 0.257 e. The van der Waals surface area contributed by atoms with E-state index < -0.39 is 29.1 Å². The first-order chi connectivity index (χ1) is 12.9. The molecule has 0 radical (unpaired) electrons. The summed E-state index contributed by atoms with van der Waals surface area (Å²) in [6, 6.07) is 2.46. The Morgan fingerprint density at radius 2 is 1.64 bits per heavy atom. The molecule has 0 aliphatic carbocycles. The van der Waals surface area contributed by atoms with E-state index in [-0.39, 0.29) is 24.2 Å². The van der Waals surface area contributed by atoms with Gasteiger partial charge in [0, 0.05) is 13.1 Å². The topological polar surface area (TPSA) is 61.4 Å². The number of carbonyl (C=O) groups is 2. The van der Waals surface area contributed by atoms with Crippen LogP contribution in [0.1, 0.15) is 37.0 Å². The van der Waals surface area contributed by atoms with Gasteiger partial charge in [-0.25, -0.2) is 8.78 Å². The number of halogens is 3. The summed E-state index contributed by atoms with van der Waals surface area (Å²) in [4.78, 5) is 27.3. The zero-order valence-corrected chi connectivity index (χ0v) is 17.0. The van der Waals surface area contributed by atoms with Crippen molar-refractivity contribution in [1.82, 2.24) is 15.5 Å². The maximum atomic E-state index is 13.9. The monoisotopic (exact) mass is 415 g/mol. The largest absolute Gasteiger partial charge is 0.341 e. The standard InChI is InChI=1S/C20H27F2N3O2.ClH/c1-12(2)18(24-19(26)17-15(21)4-3-5-16(17)22)20(27)25-8-6-13-10-23-11-14(13)7-9-25;/h3-5,12-14,18,23H,6-11H2,1-2H3,(H,24,26);1H/t13-,14+,18?;. The number of nitrogens with zero attached hydrogens (tertiary/aromatic N) is 1. The first kappa shape index (κ1) is 22.6. The molecule has 5 nitrogen and oxygen atoms in total. The summed E-state index contributed by atoms with van der Waals surface area (Å²) in [6.07, 6.45) is 1.87. The highest BCUT2D eigenvalue weighted by molar-refractivity contribution is 5.98. The van der Waals surface area contributed by atoms with Crippen LogP contribution in [-0.2, 0) is 4.79 Å². The van der Waals surface area contributed by atoms with Crippen LogP contribution in [0, 0.1) is 29.4 Å². The van der Waals surface area contributed by atoms with E-state index in [0.29, 0.717) is 24.9 Å². The number of rotatable bonds is 4. The van der Waals surface area contributed by atoms with Crippen molar-refractivity contribution in [3.8, 4) is 0 Å². The lowest BCUT2D eigenvalue weighted by Gasteiger charge is -2.29. The van der Waals surface area contributed by atoms with Gasteiger partial charge in [0.05, 0.1) is 0 Å². The van der Waals surface area contributed by atoms with E-state index in [1.165, 1.54) is 6.07 Å². The minimum atomic E-state index is -0.933. The van der Waals surface area contributed by atoms with Gasteiger partial charge in [-0.1, -0.05) is 19.9 Å². The number of benzene rings is 1. The Morgan fingerprint density at radius 1 is 1.11 bits per heavy atom. The van der Waals surface area contributed by atoms with Crippen LogP contribution in [0.2, 0.25) is 0 Å². The van der Waals surface area contributed by atoms with Crippen LogP contribution >= 0.6 is 12.4 Å². The maximum absolute atomic E-state index is 13.9. The first-order valence-electron chi connectivity index (χ1n) is 9.63. The molecule has 1 unspecified atom stereocenters. The van der Waals surface area contributed by atoms with Crippen molar-refractivity contribution in [2.24, 2.45) is 17.8 Å². The lowest BCUT2D eigenvalue weighted by molar-refractivity contribution is -0.134. The summed E-state index contributed by atoms with van der Waals surface area (Å²) in [6.45, 7) is 6.91. The third-order valence-corrected chi connectivity index (χ3v) is 5.74. The molecule has 0 aromatic heterocycles. The maximum Gasteiger partial charge on any atom is 0.257 e. The quantitative estimate of drug-likeness (QED) is 0.794. The molecule has 156 valence electrons. The van der Waals surface area contributed by atoms with Gasteiger partial charge in [-0.15, -0.1) is 12.4 Å². The average Bonchev–Trinajstić information content (AvgIpc) is 2.97. The summed E-state index contributed by atoms with van der Waals surface area (Å²) in [5, 5.41) is 5.96. The summed E-state index contributed by atoms with van der Waals surface area (Å²) in [7, 11) is 0. The molecule has 2 amide bonds. The van der Waals surface area contributed by atoms with Crippen LogP contribution in [0.25, 0.3) is 0 Å². The first-order valence-corrected chi connectivity index (χ1v) is 9.63. The van der Waals surface area contributed by atoms with E-state index in [1.54, 1.807) is 4.90 Å². The third kappa shape index (κ3) is 4.81. The van der Waals surface area contributed by atoms with Crippen molar-refractivity contribution in [3.05, 3.63) is 35.4 Å². The fraction of sp³-hybridized carbons (Fsp3) is 0.600. The van der Waals surface area contributed by atoms with E-state index >= 15 is 0 Å². The van der Waals surface area contributed by atoms with Gasteiger partial charge >= 0.3 is 0 Å². The van der Waals surface area contributed by atoms with Gasteiger partial charge in [-0.2, -0.15) is 0 Å². The Balaban J connectivity index is 0.00000280. The van der Waals surface area contributed by atoms with Gasteiger partial charge in [0.25, 0.3) is 5.91 Å². The van der Waals surface area contributed by atoms with Crippen molar-refractivity contribution >= 4 is 24.2 Å². The van der Waals surface area contributed by atoms with Crippen molar-refractivity contribution < 1.29 is 18.4 Å². The van der Waals surface area contributed by atoms with Crippen molar-refractivity contribution in [2.75, 3.05) is 26.2 Å². The molecule has 2 heterocycles. The van der Waals surface area contributed by atoms with Gasteiger partial charge in [-0.05, 0) is 55.8 Å². The zero-order chi connectivity index (χ0) is 19.6. The van der Waals surface area contributed by atoms with Crippen molar-refractivity contribution in [2.45, 2.75) is 32.7 Å². The lowest BCUT2D eigenvalue weighted by atomic mass is 9.92. The van der Waals surface area contributed by atoms with E-state index in [9.17, 15) is 18.4 Å². The van der Waals surface area contributed by atoms with Crippen LogP contribution in [0.3, 0.4) is 0 Å². The fourth-order valence-electron chi connectivity index (χ4n) is 4.08. The second-order valence-corrected chi connectivity index (χ2v) is 7.87. The molecule has 28 heavy (non-hydrogen) atoms. The molecular formula is C20H28ClF2N3O2. The normalized spacial score (nSPS) is 22.8. The number of hydrogen-bond acceptors (Lipinski definition) is 3. The summed E-state index contributed by atoms with van der Waals surface area (Å²) in [5.74, 6) is -1.96. The molecule has 0 spiro atoms. The molecule has 1 aromatic carbocycles. The molecule has 3 rings (SSSR count). The summed E-state index contributed by atoms with van der Waals surface area (Å²) in [5.41, 5.74) is -0.646. The predicted molar refractivity (Wildman–Crippen MR) is 105 cm³/mol. The molecule has 2 aliphatic rings. The molecular weight excluding hydrogens is 388 g/mol. The van der Waals surface area contributed by atoms with Gasteiger partial charge in [0.2, 0.25) is 5.91 Å². The Kier molecular flexibility index (Phi) is 7.78. The molecule has 2 fully saturated rings. The van der Waals surface area contributed by atoms with Crippen LogP contribution < -0.4 is 10.6 Å². The number of carbonyl (C=O) groups excluding carboxylic acids is 2. The summed E-state index contributed by atoms with van der Waals surface area (Å²) >= 11 is 0. The number of likely N-dealkylation sites (tertiary alicyclic amines) is 1. The molecule has 1 aromatic rings. The summed E-state index contributed by atoms with van der Waals surface area (Å²) < 4.78 is 27.8. The SMILES string of the molecule is CC(C)C(NC(=O)c1c(F)cccc1F)C(=O)N1CC[C@@H]2CNC[C@@H]2CC1.Cl. The van der Waals surface area contributed by atoms with Gasteiger partial charge in [0.15, 0.2) is 0 Å². The predicted octanol–water partition coefficient (Wildman–Crippen LogP) is 2.60. The zero-order valence-electron chi connectivity index (χ0n) is 16.2. The van der Waals surface area contributed by atoms with Gasteiger partial charge in [-0.3, -0.25) is 9.59 Å². The Bertz CT molecular complexity index is 682. The average molecular weight is 416 g/mol. The second kappa shape index (κ2) is 9.65. The molecule has 2 saturated heterocycles. The highest BCUT2D eigenvalue weighted by Gasteiger charge is 2.35. The minimum Gasteiger partial charge on any atom is -0.341 e. The van der Waals surface area contributed by atoms with E-state index in [2.05, 4.69) is 10.6 Å². The molecule has 8 heteroatoms. The minimum absolute atomic E-state index is 0. The Hall–Kier alpha value is -1.73. The van der Waals surface area contributed by atoms with Crippen LogP contribution in [-0.4, -0.2) is 48.9 Å². The van der Waals surface area contributed by atoms with Crippen molar-refractivity contribution in [1.29, 1.82) is 0 Å². The molecule has 0 saturated carbocycles. The highest BCUT2D eigenvalue weighted by atomic mass is 35.5. The van der Waals surface area contributed by atoms with E-state index in [4.69, 9.17) is 0 Å². The van der Waals surface area contributed by atoms with E-state index in [0.717, 1.165) is 38.1 Å². The van der Waals surface area contributed by atoms with Crippen LogP contribution in [0.5, 0.6) is 0 Å². The number of fused-ring (bicyclic) bond motifs is 1.